The van der Waals surface area contributed by atoms with Crippen molar-refractivity contribution in [1.82, 2.24) is 5.32 Å². The van der Waals surface area contributed by atoms with Crippen LogP contribution < -0.4 is 5.32 Å². The third-order valence-corrected chi connectivity index (χ3v) is 19.0. The summed E-state index contributed by atoms with van der Waals surface area (Å²) in [6.07, 6.45) is 66.1. The van der Waals surface area contributed by atoms with Gasteiger partial charge in [-0.1, -0.05) is 332 Å². The monoisotopic (exact) mass is 1300 g/mol. The molecular weight excluding hydrogens is 1160 g/mol. The highest BCUT2D eigenvalue weighted by Crippen LogP contribution is 2.30. The van der Waals surface area contributed by atoms with Crippen LogP contribution in [0.2, 0.25) is 0 Å². The van der Waals surface area contributed by atoms with Crippen LogP contribution in [0.5, 0.6) is 0 Å². The van der Waals surface area contributed by atoms with Crippen LogP contribution in [0.25, 0.3) is 0 Å². The minimum absolute atomic E-state index is 0.235. The zero-order chi connectivity index (χ0) is 66.6. The van der Waals surface area contributed by atoms with Crippen LogP contribution in [0.1, 0.15) is 348 Å². The molecule has 0 radical (unpaired) electrons. The molecule has 0 aromatic heterocycles. The molecule has 0 aliphatic carbocycles. The van der Waals surface area contributed by atoms with E-state index >= 15 is 0 Å². The molecule has 14 heteroatoms. The van der Waals surface area contributed by atoms with Crippen LogP contribution >= 0.6 is 0 Å². The molecule has 2 heterocycles. The molecule has 2 aliphatic heterocycles. The van der Waals surface area contributed by atoms with E-state index in [0.29, 0.717) is 6.42 Å². The molecule has 1 amide bonds. The Morgan fingerprint density at radius 1 is 0.391 bits per heavy atom. The summed E-state index contributed by atoms with van der Waals surface area (Å²) in [4.78, 5) is 13.4. The van der Waals surface area contributed by atoms with Crippen molar-refractivity contribution in [2.45, 2.75) is 421 Å². The molecule has 92 heavy (non-hydrogen) atoms. The lowest BCUT2D eigenvalue weighted by atomic mass is 9.97. The third kappa shape index (κ3) is 45.5. The highest BCUT2D eigenvalue weighted by Gasteiger charge is 2.51. The normalized spacial score (nSPS) is 22.9. The van der Waals surface area contributed by atoms with Gasteiger partial charge in [-0.05, 0) is 57.8 Å². The minimum atomic E-state index is -1.79. The fraction of sp³-hybridized carbons (Fsp3) is 0.885. The summed E-state index contributed by atoms with van der Waals surface area (Å²) in [5.41, 5.74) is 0. The summed E-state index contributed by atoms with van der Waals surface area (Å²) in [5, 5.41) is 87.6. The van der Waals surface area contributed by atoms with Crippen LogP contribution in [0, 0.1) is 0 Å². The Kier molecular flexibility index (Phi) is 58.4. The third-order valence-electron chi connectivity index (χ3n) is 19.0. The first-order chi connectivity index (χ1) is 45.1. The van der Waals surface area contributed by atoms with Gasteiger partial charge in [-0.15, -0.1) is 0 Å². The molecule has 12 atom stereocenters. The number of nitrogens with one attached hydrogen (secondary N) is 1. The van der Waals surface area contributed by atoms with Crippen molar-refractivity contribution in [3.8, 4) is 0 Å². The van der Waals surface area contributed by atoms with Gasteiger partial charge in [0.1, 0.15) is 48.8 Å². The van der Waals surface area contributed by atoms with E-state index in [1.54, 1.807) is 6.08 Å². The van der Waals surface area contributed by atoms with Crippen molar-refractivity contribution < 1.29 is 64.6 Å². The van der Waals surface area contributed by atoms with Crippen LogP contribution in [0.15, 0.2) is 48.6 Å². The van der Waals surface area contributed by atoms with Crippen molar-refractivity contribution in [2.24, 2.45) is 0 Å². The molecule has 0 saturated carbocycles. The average molecular weight is 1310 g/mol. The highest BCUT2D eigenvalue weighted by atomic mass is 16.7. The number of hydrogen-bond donors (Lipinski definition) is 9. The van der Waals surface area contributed by atoms with Gasteiger partial charge in [0.2, 0.25) is 5.91 Å². The first kappa shape index (κ1) is 86.0. The standard InChI is InChI=1S/C78H145NO13/c1-3-5-7-9-11-13-15-17-19-21-23-25-27-29-31-33-35-37-39-41-43-45-47-49-51-53-55-57-59-61-67(82)66(65-89-77-75(88)73(86)76(69(64-81)91-77)92-78-74(87)72(85)71(84)68(63-80)90-78)79-70(83)62-60-58-56-54-52-50-48-46-44-42-40-38-36-34-32-30-28-26-24-22-20-18-16-14-12-10-8-6-4-2/h16,18,22,24,28,30,59,61,66-69,71-78,80-82,84-88H,3-15,17,19-21,23,25-27,29,31-58,60,62-65H2,1-2H3,(H,79,83)/b18-16-,24-22-,30-28-,61-59+. The van der Waals surface area contributed by atoms with Gasteiger partial charge in [-0.2, -0.15) is 0 Å². The summed E-state index contributed by atoms with van der Waals surface area (Å²) < 4.78 is 22.9. The van der Waals surface area contributed by atoms with Crippen molar-refractivity contribution in [3.63, 3.8) is 0 Å². The molecule has 2 aliphatic rings. The number of hydrogen-bond acceptors (Lipinski definition) is 13. The zero-order valence-corrected chi connectivity index (χ0v) is 59.1. The number of ether oxygens (including phenoxy) is 4. The molecule has 2 fully saturated rings. The second-order valence-corrected chi connectivity index (χ2v) is 27.5. The molecule has 2 saturated heterocycles. The van der Waals surface area contributed by atoms with Crippen molar-refractivity contribution in [2.75, 3.05) is 19.8 Å². The van der Waals surface area contributed by atoms with E-state index in [2.05, 4.69) is 55.6 Å². The maximum atomic E-state index is 13.4. The summed E-state index contributed by atoms with van der Waals surface area (Å²) in [7, 11) is 0. The SMILES string of the molecule is CCCCCCC/C=C\C/C=C\C/C=C\CCCCCCCCCCCCCCCCC(=O)NC(COC1OC(CO)C(OC2OC(CO)C(O)C(O)C2O)C(O)C1O)C(O)/C=C/CCCCCCCCCCCCCCCCCCCCCCCCCCCCC. The maximum absolute atomic E-state index is 13.4. The van der Waals surface area contributed by atoms with Gasteiger partial charge in [-0.3, -0.25) is 4.79 Å². The molecule has 9 N–H and O–H groups in total. The van der Waals surface area contributed by atoms with Crippen LogP contribution in [0.4, 0.5) is 0 Å². The van der Waals surface area contributed by atoms with E-state index < -0.39 is 86.8 Å². The van der Waals surface area contributed by atoms with E-state index in [1.165, 1.54) is 270 Å². The molecular formula is C78H145NO13. The molecule has 2 rings (SSSR count). The Morgan fingerprint density at radius 2 is 0.717 bits per heavy atom. The van der Waals surface area contributed by atoms with Gasteiger partial charge in [-0.25, -0.2) is 0 Å². The Labute approximate surface area is 563 Å². The second kappa shape index (κ2) is 62.5. The summed E-state index contributed by atoms with van der Waals surface area (Å²) in [6, 6.07) is -0.918. The molecule has 540 valence electrons. The lowest BCUT2D eigenvalue weighted by Gasteiger charge is -2.46. The van der Waals surface area contributed by atoms with Crippen molar-refractivity contribution in [1.29, 1.82) is 0 Å². The van der Waals surface area contributed by atoms with Crippen LogP contribution in [0.3, 0.4) is 0 Å². The quantitative estimate of drug-likeness (QED) is 0.0204. The van der Waals surface area contributed by atoms with E-state index in [4.69, 9.17) is 18.9 Å². The number of aliphatic hydroxyl groups is 8. The predicted molar refractivity (Wildman–Crippen MR) is 378 cm³/mol. The minimum Gasteiger partial charge on any atom is -0.394 e. The topological polar surface area (TPSA) is 228 Å². The summed E-state index contributed by atoms with van der Waals surface area (Å²) >= 11 is 0. The largest absolute Gasteiger partial charge is 0.394 e. The lowest BCUT2D eigenvalue weighted by Crippen LogP contribution is -2.65. The molecule has 12 unspecified atom stereocenters. The number of carbonyl (C=O) groups is 1. The van der Waals surface area contributed by atoms with Gasteiger partial charge < -0.3 is 65.1 Å². The van der Waals surface area contributed by atoms with Gasteiger partial charge in [0, 0.05) is 6.42 Å². The second-order valence-electron chi connectivity index (χ2n) is 27.5. The summed E-state index contributed by atoms with van der Waals surface area (Å²) in [5.74, 6) is -0.235. The van der Waals surface area contributed by atoms with E-state index in [-0.39, 0.29) is 18.9 Å². The lowest BCUT2D eigenvalue weighted by molar-refractivity contribution is -0.359. The Morgan fingerprint density at radius 3 is 1.10 bits per heavy atom. The zero-order valence-electron chi connectivity index (χ0n) is 59.1. The van der Waals surface area contributed by atoms with E-state index in [9.17, 15) is 45.6 Å². The number of aliphatic hydroxyl groups excluding tert-OH is 8. The number of allylic oxidation sites excluding steroid dienone is 7. The molecule has 14 nitrogen and oxygen atoms in total. The van der Waals surface area contributed by atoms with E-state index in [1.807, 2.05) is 6.08 Å². The smallest absolute Gasteiger partial charge is 0.220 e. The van der Waals surface area contributed by atoms with Gasteiger partial charge in [0.15, 0.2) is 12.6 Å². The molecule has 0 bridgehead atoms. The van der Waals surface area contributed by atoms with Crippen molar-refractivity contribution >= 4 is 5.91 Å². The molecule has 0 spiro atoms. The first-order valence-corrected chi connectivity index (χ1v) is 38.9. The Bertz CT molecular complexity index is 1730. The molecule has 0 aromatic rings. The van der Waals surface area contributed by atoms with Gasteiger partial charge in [0.25, 0.3) is 0 Å². The number of amides is 1. The van der Waals surface area contributed by atoms with E-state index in [0.717, 1.165) is 51.4 Å². The number of unbranched alkanes of at least 4 members (excludes halogenated alkanes) is 46. The first-order valence-electron chi connectivity index (χ1n) is 38.9. The predicted octanol–water partition coefficient (Wildman–Crippen LogP) is 17.0. The van der Waals surface area contributed by atoms with Crippen LogP contribution in [-0.2, 0) is 23.7 Å². The van der Waals surface area contributed by atoms with Gasteiger partial charge in [0.05, 0.1) is 32.0 Å². The fourth-order valence-corrected chi connectivity index (χ4v) is 12.8. The number of rotatable bonds is 65. The van der Waals surface area contributed by atoms with Crippen molar-refractivity contribution in [3.05, 3.63) is 48.6 Å². The highest BCUT2D eigenvalue weighted by molar-refractivity contribution is 5.76. The van der Waals surface area contributed by atoms with Gasteiger partial charge >= 0.3 is 0 Å². The number of carbonyl (C=O) groups excluding carboxylic acids is 1. The Balaban J connectivity index is 1.64. The fourth-order valence-electron chi connectivity index (χ4n) is 12.8. The average Bonchev–Trinajstić information content (AvgIpc) is 0.836. The summed E-state index contributed by atoms with van der Waals surface area (Å²) in [6.45, 7) is 2.84. The Hall–Kier alpha value is -2.05. The maximum Gasteiger partial charge on any atom is 0.220 e. The molecule has 0 aromatic carbocycles. The van der Waals surface area contributed by atoms with Crippen LogP contribution in [-0.4, -0.2) is 140 Å².